The van der Waals surface area contributed by atoms with E-state index < -0.39 is 11.5 Å². The molecule has 0 radical (unpaired) electrons. The number of hydrogen-bond acceptors (Lipinski definition) is 4. The maximum absolute atomic E-state index is 14.0. The summed E-state index contributed by atoms with van der Waals surface area (Å²) in [6.07, 6.45) is 1.29. The van der Waals surface area contributed by atoms with Gasteiger partial charge in [-0.05, 0) is 17.5 Å². The van der Waals surface area contributed by atoms with Crippen LogP contribution in [0.25, 0.3) is 5.76 Å². The number of fused-ring (bicyclic) bond motifs is 2. The Morgan fingerprint density at radius 2 is 1.56 bits per heavy atom. The number of allylic oxidation sites excluding steroid dienone is 1. The third-order valence-electron chi connectivity index (χ3n) is 7.12. The molecule has 1 spiro atoms. The molecule has 5 heteroatoms. The van der Waals surface area contributed by atoms with Crippen LogP contribution in [-0.2, 0) is 15.1 Å². The van der Waals surface area contributed by atoms with Crippen molar-refractivity contribution in [1.82, 2.24) is 5.32 Å². The molecule has 0 bridgehead atoms. The van der Waals surface area contributed by atoms with Crippen LogP contribution in [0.5, 0.6) is 0 Å². The first-order valence-corrected chi connectivity index (χ1v) is 11.7. The van der Waals surface area contributed by atoms with Crippen molar-refractivity contribution in [3.8, 4) is 0 Å². The van der Waals surface area contributed by atoms with Crippen molar-refractivity contribution in [2.24, 2.45) is 11.8 Å². The zero-order valence-corrected chi connectivity index (χ0v) is 19.2. The molecule has 0 aliphatic carbocycles. The van der Waals surface area contributed by atoms with Crippen LogP contribution in [0.4, 0.5) is 5.69 Å². The zero-order chi connectivity index (χ0) is 23.9. The van der Waals surface area contributed by atoms with Crippen LogP contribution in [0, 0.1) is 11.8 Å². The molecule has 5 nitrogen and oxygen atoms in total. The average Bonchev–Trinajstić information content (AvgIpc) is 3.36. The van der Waals surface area contributed by atoms with Gasteiger partial charge in [-0.1, -0.05) is 92.7 Å². The Balaban J connectivity index is 1.70. The van der Waals surface area contributed by atoms with Gasteiger partial charge in [0.1, 0.15) is 11.3 Å². The van der Waals surface area contributed by atoms with Crippen LogP contribution in [0.2, 0.25) is 0 Å². The summed E-state index contributed by atoms with van der Waals surface area (Å²) >= 11 is 0. The molecule has 1 fully saturated rings. The lowest BCUT2D eigenvalue weighted by atomic mass is 9.69. The number of aliphatic hydroxyl groups excluding tert-OH is 1. The number of carbonyl (C=O) groups excluding carboxylic acids is 2. The Kier molecular flexibility index (Phi) is 5.58. The summed E-state index contributed by atoms with van der Waals surface area (Å²) in [5.74, 6) is -1.46. The summed E-state index contributed by atoms with van der Waals surface area (Å²) in [5.41, 5.74) is 1.81. The highest BCUT2D eigenvalue weighted by Crippen LogP contribution is 2.54. The average molecular weight is 453 g/mol. The van der Waals surface area contributed by atoms with Crippen molar-refractivity contribution in [1.29, 1.82) is 0 Å². The summed E-state index contributed by atoms with van der Waals surface area (Å²) < 4.78 is 0. The molecule has 2 heterocycles. The minimum Gasteiger partial charge on any atom is -0.507 e. The van der Waals surface area contributed by atoms with Gasteiger partial charge in [-0.25, -0.2) is 0 Å². The van der Waals surface area contributed by atoms with Gasteiger partial charge < -0.3 is 10.4 Å². The highest BCUT2D eigenvalue weighted by molar-refractivity contribution is 6.12. The highest BCUT2D eigenvalue weighted by Gasteiger charge is 2.64. The van der Waals surface area contributed by atoms with E-state index in [1.54, 1.807) is 12.1 Å². The van der Waals surface area contributed by atoms with E-state index in [0.717, 1.165) is 11.1 Å². The molecule has 3 N–H and O–H groups in total. The number of benzene rings is 3. The van der Waals surface area contributed by atoms with Gasteiger partial charge >= 0.3 is 0 Å². The molecule has 3 aromatic carbocycles. The van der Waals surface area contributed by atoms with E-state index in [4.69, 9.17) is 0 Å². The van der Waals surface area contributed by atoms with Gasteiger partial charge in [-0.2, -0.15) is 0 Å². The lowest BCUT2D eigenvalue weighted by Crippen LogP contribution is -2.52. The molecule has 2 aliphatic heterocycles. The van der Waals surface area contributed by atoms with Crippen molar-refractivity contribution in [3.05, 3.63) is 108 Å². The number of hydrogen-bond donors (Lipinski definition) is 3. The molecule has 4 atom stereocenters. The van der Waals surface area contributed by atoms with Crippen molar-refractivity contribution in [2.75, 3.05) is 5.32 Å². The van der Waals surface area contributed by atoms with E-state index in [1.165, 1.54) is 6.08 Å². The predicted octanol–water partition coefficient (Wildman–Crippen LogP) is 5.03. The number of ketones is 1. The second-order valence-corrected chi connectivity index (χ2v) is 9.43. The lowest BCUT2D eigenvalue weighted by Gasteiger charge is -2.30. The van der Waals surface area contributed by atoms with Crippen molar-refractivity contribution >= 4 is 23.1 Å². The fraction of sp³-hybridized carbons (Fsp3) is 0.241. The molecule has 1 amide bonds. The Bertz CT molecular complexity index is 1250. The molecule has 2 aliphatic rings. The lowest BCUT2D eigenvalue weighted by molar-refractivity contribution is -0.129. The summed E-state index contributed by atoms with van der Waals surface area (Å²) in [6.45, 7) is 4.20. The largest absolute Gasteiger partial charge is 0.507 e. The van der Waals surface area contributed by atoms with Gasteiger partial charge in [0.25, 0.3) is 0 Å². The van der Waals surface area contributed by atoms with Crippen molar-refractivity contribution < 1.29 is 14.7 Å². The van der Waals surface area contributed by atoms with Gasteiger partial charge in [-0.15, -0.1) is 0 Å². The topological polar surface area (TPSA) is 78.4 Å². The molecular formula is C29H28N2O3. The van der Waals surface area contributed by atoms with Gasteiger partial charge in [-0.3, -0.25) is 14.9 Å². The first-order chi connectivity index (χ1) is 16.4. The molecular weight excluding hydrogens is 424 g/mol. The number of nitrogens with one attached hydrogen (secondary N) is 2. The summed E-state index contributed by atoms with van der Waals surface area (Å²) in [7, 11) is 0. The van der Waals surface area contributed by atoms with Crippen LogP contribution < -0.4 is 10.6 Å². The number of aliphatic hydroxyl groups is 1. The molecule has 0 aromatic heterocycles. The molecule has 172 valence electrons. The summed E-state index contributed by atoms with van der Waals surface area (Å²) in [4.78, 5) is 27.7. The van der Waals surface area contributed by atoms with Gasteiger partial charge in [0.15, 0.2) is 5.78 Å². The van der Waals surface area contributed by atoms with Crippen LogP contribution in [0.3, 0.4) is 0 Å². The zero-order valence-electron chi connectivity index (χ0n) is 19.2. The Labute approximate surface area is 199 Å². The highest BCUT2D eigenvalue weighted by atomic mass is 16.3. The molecule has 0 unspecified atom stereocenters. The van der Waals surface area contributed by atoms with E-state index in [2.05, 4.69) is 24.5 Å². The molecule has 3 aromatic rings. The Hall–Kier alpha value is -3.70. The minimum absolute atomic E-state index is 0.104. The second-order valence-electron chi connectivity index (χ2n) is 9.43. The molecule has 1 saturated heterocycles. The monoisotopic (exact) mass is 452 g/mol. The smallest absolute Gasteiger partial charge is 0.250 e. The third kappa shape index (κ3) is 3.44. The minimum atomic E-state index is -1.23. The molecule has 5 rings (SSSR count). The van der Waals surface area contributed by atoms with Crippen LogP contribution in [0.15, 0.2) is 91.0 Å². The fourth-order valence-electron chi connectivity index (χ4n) is 5.61. The molecule has 0 saturated carbocycles. The maximum Gasteiger partial charge on any atom is 0.250 e. The number of carbonyl (C=O) groups is 2. The first kappa shape index (κ1) is 22.1. The summed E-state index contributed by atoms with van der Waals surface area (Å²) in [6, 6.07) is 26.3. The quantitative estimate of drug-likeness (QED) is 0.375. The van der Waals surface area contributed by atoms with E-state index in [1.807, 2.05) is 72.8 Å². The van der Waals surface area contributed by atoms with Crippen molar-refractivity contribution in [2.45, 2.75) is 31.3 Å². The van der Waals surface area contributed by atoms with E-state index in [-0.39, 0.29) is 35.3 Å². The standard InChI is InChI=1S/C29H28N2O3/c1-18(2)27-25(20-13-7-4-8-14-20)26(24(33)17-23(32)19-11-5-3-6-12-19)29(31-27)21-15-9-10-16-22(21)30-28(29)34/h3-18,25-27,31-32H,1-2H3,(H,30,34)/b23-17-/t25-,26-,27+,29-/m0/s1. The van der Waals surface area contributed by atoms with Crippen LogP contribution in [0.1, 0.15) is 36.5 Å². The Morgan fingerprint density at radius 1 is 0.941 bits per heavy atom. The van der Waals surface area contributed by atoms with Gasteiger partial charge in [0, 0.05) is 34.9 Å². The number of amides is 1. The predicted molar refractivity (Wildman–Crippen MR) is 133 cm³/mol. The van der Waals surface area contributed by atoms with Crippen molar-refractivity contribution in [3.63, 3.8) is 0 Å². The van der Waals surface area contributed by atoms with E-state index in [9.17, 15) is 14.7 Å². The second kappa shape index (κ2) is 8.58. The van der Waals surface area contributed by atoms with Gasteiger partial charge in [0.2, 0.25) is 5.91 Å². The normalized spacial score (nSPS) is 26.0. The number of anilines is 1. The number of rotatable bonds is 5. The van der Waals surface area contributed by atoms with Crippen LogP contribution in [-0.4, -0.2) is 22.8 Å². The summed E-state index contributed by atoms with van der Waals surface area (Å²) in [5, 5.41) is 17.4. The van der Waals surface area contributed by atoms with Crippen LogP contribution >= 0.6 is 0 Å². The fourth-order valence-corrected chi connectivity index (χ4v) is 5.61. The van der Waals surface area contributed by atoms with Gasteiger partial charge in [0.05, 0.1) is 5.92 Å². The number of para-hydroxylation sites is 1. The van der Waals surface area contributed by atoms with E-state index >= 15 is 0 Å². The first-order valence-electron chi connectivity index (χ1n) is 11.7. The van der Waals surface area contributed by atoms with E-state index in [0.29, 0.717) is 11.3 Å². The SMILES string of the molecule is CC(C)[C@H]1N[C@]2(C(=O)Nc3ccccc32)[C@@H](C(=O)/C=C(\O)c2ccccc2)[C@@H]1c1ccccc1. The molecule has 34 heavy (non-hydrogen) atoms. The third-order valence-corrected chi connectivity index (χ3v) is 7.12. The maximum atomic E-state index is 14.0. The Morgan fingerprint density at radius 3 is 2.24 bits per heavy atom.